The molecule has 9 nitrogen and oxygen atoms in total. The number of anilines is 1. The highest BCUT2D eigenvalue weighted by Gasteiger charge is 2.29. The van der Waals surface area contributed by atoms with Crippen LogP contribution in [-0.4, -0.2) is 26.7 Å². The number of nitro groups is 1. The minimum Gasteiger partial charge on any atom is -0.493 e. The van der Waals surface area contributed by atoms with Crippen LogP contribution in [0.15, 0.2) is 78.0 Å². The highest BCUT2D eigenvalue weighted by molar-refractivity contribution is 7.98. The van der Waals surface area contributed by atoms with E-state index in [1.165, 1.54) is 23.9 Å². The van der Waals surface area contributed by atoms with Gasteiger partial charge in [0, 0.05) is 29.1 Å². The fourth-order valence-corrected chi connectivity index (χ4v) is 4.45. The average molecular weight is 488 g/mol. The van der Waals surface area contributed by atoms with Crippen molar-refractivity contribution in [3.05, 3.63) is 94.0 Å². The summed E-state index contributed by atoms with van der Waals surface area (Å²) in [6.45, 7) is 2.25. The van der Waals surface area contributed by atoms with Crippen LogP contribution in [0.5, 0.6) is 11.6 Å². The van der Waals surface area contributed by atoms with E-state index in [1.54, 1.807) is 6.07 Å². The van der Waals surface area contributed by atoms with Crippen molar-refractivity contribution in [2.75, 3.05) is 11.9 Å². The zero-order valence-corrected chi connectivity index (χ0v) is 19.6. The van der Waals surface area contributed by atoms with E-state index in [2.05, 4.69) is 20.5 Å². The van der Waals surface area contributed by atoms with Crippen LogP contribution in [0.2, 0.25) is 0 Å². The Labute approximate surface area is 205 Å². The van der Waals surface area contributed by atoms with Gasteiger partial charge in [0.2, 0.25) is 17.3 Å². The van der Waals surface area contributed by atoms with Crippen LogP contribution < -0.4 is 14.8 Å². The molecule has 0 spiro atoms. The molecule has 2 heterocycles. The summed E-state index contributed by atoms with van der Waals surface area (Å²) >= 11 is 1.45. The molecule has 0 amide bonds. The number of rotatable bonds is 7. The molecule has 10 heteroatoms. The summed E-state index contributed by atoms with van der Waals surface area (Å²) in [6.07, 6.45) is -0.803. The van der Waals surface area contributed by atoms with Crippen LogP contribution >= 0.6 is 11.8 Å². The van der Waals surface area contributed by atoms with Crippen molar-refractivity contribution in [2.45, 2.75) is 24.1 Å². The highest BCUT2D eigenvalue weighted by atomic mass is 32.2. The normalized spacial score (nSPS) is 14.0. The third-order valence-corrected chi connectivity index (χ3v) is 6.24. The highest BCUT2D eigenvalue weighted by Crippen LogP contribution is 2.42. The lowest BCUT2D eigenvalue weighted by Crippen LogP contribution is -2.18. The van der Waals surface area contributed by atoms with Gasteiger partial charge in [0.15, 0.2) is 5.69 Å². The summed E-state index contributed by atoms with van der Waals surface area (Å²) in [7, 11) is 0. The molecular weight excluding hydrogens is 466 g/mol. The van der Waals surface area contributed by atoms with Crippen LogP contribution in [-0.2, 0) is 5.75 Å². The predicted octanol–water partition coefficient (Wildman–Crippen LogP) is 5.64. The average Bonchev–Trinajstić information content (AvgIpc) is 3.05. The molecule has 0 fully saturated rings. The summed E-state index contributed by atoms with van der Waals surface area (Å²) in [5, 5.41) is 24.0. The lowest BCUT2D eigenvalue weighted by Gasteiger charge is -2.21. The Morgan fingerprint density at radius 3 is 2.69 bits per heavy atom. The van der Waals surface area contributed by atoms with E-state index < -0.39 is 11.2 Å². The molecule has 0 radical (unpaired) electrons. The Morgan fingerprint density at radius 2 is 1.89 bits per heavy atom. The molecule has 0 aliphatic carbocycles. The summed E-state index contributed by atoms with van der Waals surface area (Å²) in [5.74, 6) is 1.45. The van der Waals surface area contributed by atoms with Gasteiger partial charge in [-0.2, -0.15) is 4.98 Å². The first-order valence-electron chi connectivity index (χ1n) is 11.0. The second-order valence-corrected chi connectivity index (χ2v) is 8.56. The van der Waals surface area contributed by atoms with Crippen molar-refractivity contribution in [3.8, 4) is 22.9 Å². The standard InChI is InChI=1S/C25H21N5O4S/c1-2-33-21-13-12-17(30(31)32)14-19(21)23-26-20-11-7-6-10-18(20)22-24(34-23)27-25(29-28-22)35-15-16-8-4-3-5-9-16/h3-14,23,26H,2,15H2,1H3/t23-/m1/s1. The lowest BCUT2D eigenvalue weighted by atomic mass is 10.1. The molecular formula is C25H21N5O4S. The number of nitrogens with zero attached hydrogens (tertiary/aromatic N) is 4. The molecule has 0 saturated carbocycles. The van der Waals surface area contributed by atoms with Crippen molar-refractivity contribution in [1.29, 1.82) is 0 Å². The first-order valence-corrected chi connectivity index (χ1v) is 12.0. The summed E-state index contributed by atoms with van der Waals surface area (Å²) in [4.78, 5) is 15.7. The summed E-state index contributed by atoms with van der Waals surface area (Å²) < 4.78 is 12.1. The molecule has 1 aromatic heterocycles. The van der Waals surface area contributed by atoms with Crippen LogP contribution in [0.4, 0.5) is 11.4 Å². The zero-order chi connectivity index (χ0) is 24.2. The maximum Gasteiger partial charge on any atom is 0.270 e. The van der Waals surface area contributed by atoms with Crippen molar-refractivity contribution in [3.63, 3.8) is 0 Å². The number of hydrogen-bond acceptors (Lipinski definition) is 9. The van der Waals surface area contributed by atoms with E-state index in [4.69, 9.17) is 9.47 Å². The first-order chi connectivity index (χ1) is 17.1. The minimum absolute atomic E-state index is 0.0634. The molecule has 1 N–H and O–H groups in total. The molecule has 1 aliphatic rings. The number of nitrogens with one attached hydrogen (secondary N) is 1. The Hall–Kier alpha value is -4.18. The number of benzene rings is 3. The van der Waals surface area contributed by atoms with E-state index in [1.807, 2.05) is 61.5 Å². The van der Waals surface area contributed by atoms with Gasteiger partial charge in [-0.25, -0.2) is 0 Å². The molecule has 4 aromatic rings. The smallest absolute Gasteiger partial charge is 0.270 e. The van der Waals surface area contributed by atoms with Gasteiger partial charge < -0.3 is 14.8 Å². The Bertz CT molecular complexity index is 1370. The molecule has 5 rings (SSSR count). The molecule has 0 unspecified atom stereocenters. The first kappa shape index (κ1) is 22.6. The monoisotopic (exact) mass is 487 g/mol. The molecule has 1 atom stereocenters. The zero-order valence-electron chi connectivity index (χ0n) is 18.7. The van der Waals surface area contributed by atoms with Crippen molar-refractivity contribution in [2.24, 2.45) is 0 Å². The Balaban J connectivity index is 1.55. The van der Waals surface area contributed by atoms with E-state index in [0.29, 0.717) is 34.5 Å². The third kappa shape index (κ3) is 4.87. The van der Waals surface area contributed by atoms with Crippen LogP contribution in [0.3, 0.4) is 0 Å². The maximum absolute atomic E-state index is 11.5. The van der Waals surface area contributed by atoms with Gasteiger partial charge in [0.1, 0.15) is 5.75 Å². The largest absolute Gasteiger partial charge is 0.493 e. The quantitative estimate of drug-likeness (QED) is 0.201. The fourth-order valence-electron chi connectivity index (χ4n) is 3.71. The molecule has 0 saturated heterocycles. The Kier molecular flexibility index (Phi) is 6.44. The van der Waals surface area contributed by atoms with Crippen LogP contribution in [0, 0.1) is 10.1 Å². The lowest BCUT2D eigenvalue weighted by molar-refractivity contribution is -0.385. The molecule has 0 bridgehead atoms. The van der Waals surface area contributed by atoms with Crippen LogP contribution in [0.25, 0.3) is 11.3 Å². The molecule has 3 aromatic carbocycles. The molecule has 1 aliphatic heterocycles. The van der Waals surface area contributed by atoms with Crippen molar-refractivity contribution < 1.29 is 14.4 Å². The number of fused-ring (bicyclic) bond motifs is 3. The van der Waals surface area contributed by atoms with Gasteiger partial charge >= 0.3 is 0 Å². The number of ether oxygens (including phenoxy) is 2. The van der Waals surface area contributed by atoms with Gasteiger partial charge in [0.25, 0.3) is 5.69 Å². The third-order valence-electron chi connectivity index (χ3n) is 5.33. The summed E-state index contributed by atoms with van der Waals surface area (Å²) in [5.41, 5.74) is 3.56. The van der Waals surface area contributed by atoms with E-state index in [9.17, 15) is 10.1 Å². The minimum atomic E-state index is -0.803. The molecule has 176 valence electrons. The van der Waals surface area contributed by atoms with Gasteiger partial charge in [0.05, 0.1) is 17.1 Å². The van der Waals surface area contributed by atoms with E-state index in [-0.39, 0.29) is 11.6 Å². The predicted molar refractivity (Wildman–Crippen MR) is 133 cm³/mol. The SMILES string of the molecule is CCOc1ccc([N+](=O)[O-])cc1[C@@H]1Nc2ccccc2-c2nnc(SCc3ccccc3)nc2O1. The van der Waals surface area contributed by atoms with Gasteiger partial charge in [-0.05, 0) is 24.6 Å². The number of para-hydroxylation sites is 1. The molecule has 35 heavy (non-hydrogen) atoms. The number of hydrogen-bond donors (Lipinski definition) is 1. The number of aromatic nitrogens is 3. The van der Waals surface area contributed by atoms with Gasteiger partial charge in [-0.3, -0.25) is 10.1 Å². The maximum atomic E-state index is 11.5. The number of thioether (sulfide) groups is 1. The fraction of sp³-hybridized carbons (Fsp3) is 0.160. The van der Waals surface area contributed by atoms with E-state index in [0.717, 1.165) is 16.8 Å². The van der Waals surface area contributed by atoms with E-state index >= 15 is 0 Å². The van der Waals surface area contributed by atoms with Crippen molar-refractivity contribution in [1.82, 2.24) is 15.2 Å². The number of non-ortho nitro benzene ring substituents is 1. The van der Waals surface area contributed by atoms with Crippen LogP contribution in [0.1, 0.15) is 24.3 Å². The van der Waals surface area contributed by atoms with Gasteiger partial charge in [-0.15, -0.1) is 10.2 Å². The second kappa shape index (κ2) is 9.98. The summed E-state index contributed by atoms with van der Waals surface area (Å²) in [6, 6.07) is 22.0. The van der Waals surface area contributed by atoms with Crippen molar-refractivity contribution >= 4 is 23.1 Å². The van der Waals surface area contributed by atoms with Gasteiger partial charge in [-0.1, -0.05) is 60.3 Å². The second-order valence-electron chi connectivity index (χ2n) is 7.62. The number of nitro benzene ring substituents is 1. The Morgan fingerprint density at radius 1 is 1.09 bits per heavy atom. The topological polar surface area (TPSA) is 112 Å².